The number of anilines is 1. The van der Waals surface area contributed by atoms with Gasteiger partial charge in [0.1, 0.15) is 18.3 Å². The summed E-state index contributed by atoms with van der Waals surface area (Å²) in [5.74, 6) is -2.89. The number of ether oxygens (including phenoxy) is 4. The van der Waals surface area contributed by atoms with Crippen molar-refractivity contribution < 1.29 is 62.7 Å². The van der Waals surface area contributed by atoms with Crippen LogP contribution in [0.15, 0.2) is 36.4 Å². The van der Waals surface area contributed by atoms with E-state index < -0.39 is 54.1 Å². The molecule has 2 aliphatic heterocycles. The first-order valence-corrected chi connectivity index (χ1v) is 21.6. The number of hydrogen-bond donors (Lipinski definition) is 8. The third kappa shape index (κ3) is 20.1. The lowest BCUT2D eigenvalue weighted by Crippen LogP contribution is -2.54. The van der Waals surface area contributed by atoms with Crippen molar-refractivity contribution in [3.8, 4) is 0 Å². The topological polar surface area (TPSA) is 293 Å². The fraction of sp³-hybridized carbons (Fsp3) is 0.643. The molecule has 0 aliphatic carbocycles. The molecule has 0 bridgehead atoms. The first kappa shape index (κ1) is 53.1. The molecule has 8 amide bonds. The van der Waals surface area contributed by atoms with Crippen LogP contribution >= 0.6 is 0 Å². The Bertz CT molecular complexity index is 1680. The molecule has 2 heterocycles. The van der Waals surface area contributed by atoms with Gasteiger partial charge in [0.2, 0.25) is 29.5 Å². The molecule has 1 saturated heterocycles. The largest absolute Gasteiger partial charge is 0.379 e. The molecule has 2 unspecified atom stereocenters. The van der Waals surface area contributed by atoms with Gasteiger partial charge in [-0.25, -0.2) is 4.79 Å². The molecule has 64 heavy (non-hydrogen) atoms. The number of carbonyl (C=O) groups is 7. The summed E-state index contributed by atoms with van der Waals surface area (Å²) < 4.78 is 21.9. The molecule has 0 spiro atoms. The molecule has 3 rings (SSSR count). The van der Waals surface area contributed by atoms with Crippen LogP contribution in [0.1, 0.15) is 51.2 Å². The van der Waals surface area contributed by atoms with E-state index in [9.17, 15) is 43.8 Å². The fourth-order valence-corrected chi connectivity index (χ4v) is 6.39. The highest BCUT2D eigenvalue weighted by molar-refractivity contribution is 5.98. The molecule has 0 aromatic heterocycles. The van der Waals surface area contributed by atoms with E-state index in [0.29, 0.717) is 76.8 Å². The van der Waals surface area contributed by atoms with Gasteiger partial charge in [-0.2, -0.15) is 0 Å². The lowest BCUT2D eigenvalue weighted by molar-refractivity contribution is -0.142. The third-order valence-corrected chi connectivity index (χ3v) is 10.2. The van der Waals surface area contributed by atoms with E-state index in [1.54, 1.807) is 43.0 Å². The maximum absolute atomic E-state index is 13.5. The number of rotatable bonds is 30. The Morgan fingerprint density at radius 2 is 1.39 bits per heavy atom. The monoisotopic (exact) mass is 905 g/mol. The van der Waals surface area contributed by atoms with Crippen LogP contribution in [0.5, 0.6) is 0 Å². The van der Waals surface area contributed by atoms with E-state index in [4.69, 9.17) is 24.7 Å². The van der Waals surface area contributed by atoms with Gasteiger partial charge in [0.25, 0.3) is 5.91 Å². The van der Waals surface area contributed by atoms with Crippen LogP contribution in [-0.2, 0) is 47.7 Å². The first-order chi connectivity index (χ1) is 30.7. The van der Waals surface area contributed by atoms with Crippen molar-refractivity contribution in [1.82, 2.24) is 36.0 Å². The van der Waals surface area contributed by atoms with E-state index in [2.05, 4.69) is 31.5 Å². The second-order valence-electron chi connectivity index (χ2n) is 15.5. The summed E-state index contributed by atoms with van der Waals surface area (Å²) >= 11 is 0. The highest BCUT2D eigenvalue weighted by Gasteiger charge is 2.30. The van der Waals surface area contributed by atoms with Crippen LogP contribution in [0.3, 0.4) is 0 Å². The minimum atomic E-state index is -1.36. The van der Waals surface area contributed by atoms with Gasteiger partial charge in [-0.05, 0) is 49.6 Å². The number of carbonyl (C=O) groups excluding carboxylic acids is 7. The minimum Gasteiger partial charge on any atom is -0.379 e. The second kappa shape index (κ2) is 29.3. The van der Waals surface area contributed by atoms with Gasteiger partial charge >= 0.3 is 6.03 Å². The van der Waals surface area contributed by atoms with Crippen LogP contribution < -0.4 is 32.3 Å². The van der Waals surface area contributed by atoms with Crippen LogP contribution in [0.25, 0.3) is 0 Å². The van der Waals surface area contributed by atoms with Gasteiger partial charge in [-0.1, -0.05) is 26.0 Å². The summed E-state index contributed by atoms with van der Waals surface area (Å²) in [6.07, 6.45) is 0.743. The van der Waals surface area contributed by atoms with Crippen molar-refractivity contribution >= 4 is 47.2 Å². The quantitative estimate of drug-likeness (QED) is 0.0395. The van der Waals surface area contributed by atoms with Gasteiger partial charge in [-0.15, -0.1) is 0 Å². The summed E-state index contributed by atoms with van der Waals surface area (Å²) in [5, 5.41) is 33.7. The lowest BCUT2D eigenvalue weighted by atomic mass is 10.0. The van der Waals surface area contributed by atoms with Gasteiger partial charge in [0.15, 0.2) is 6.10 Å². The Kier molecular flexibility index (Phi) is 24.3. The zero-order chi connectivity index (χ0) is 46.9. The normalized spacial score (nSPS) is 16.6. The average Bonchev–Trinajstić information content (AvgIpc) is 3.59. The van der Waals surface area contributed by atoms with E-state index in [1.807, 2.05) is 7.05 Å². The highest BCUT2D eigenvalue weighted by Crippen LogP contribution is 2.20. The predicted octanol–water partition coefficient (Wildman–Crippen LogP) is -1.81. The van der Waals surface area contributed by atoms with Gasteiger partial charge in [-0.3, -0.25) is 28.8 Å². The zero-order valence-electron chi connectivity index (χ0n) is 37.1. The molecule has 1 fully saturated rings. The smallest absolute Gasteiger partial charge is 0.312 e. The Balaban J connectivity index is 1.30. The molecule has 0 saturated carbocycles. The molecule has 358 valence electrons. The zero-order valence-corrected chi connectivity index (χ0v) is 37.1. The predicted molar refractivity (Wildman–Crippen MR) is 232 cm³/mol. The van der Waals surface area contributed by atoms with E-state index in [1.165, 1.54) is 17.1 Å². The van der Waals surface area contributed by atoms with Crippen LogP contribution in [-0.4, -0.2) is 190 Å². The van der Waals surface area contributed by atoms with Crippen molar-refractivity contribution in [2.45, 2.75) is 63.9 Å². The third-order valence-electron chi connectivity index (χ3n) is 10.2. The summed E-state index contributed by atoms with van der Waals surface area (Å²) in [5.41, 5.74) is 5.90. The van der Waals surface area contributed by atoms with E-state index >= 15 is 0 Å². The van der Waals surface area contributed by atoms with Crippen molar-refractivity contribution in [2.75, 3.05) is 111 Å². The summed E-state index contributed by atoms with van der Waals surface area (Å²) in [6.45, 7) is 8.66. The molecule has 2 aliphatic rings. The van der Waals surface area contributed by atoms with Crippen LogP contribution in [0, 0.1) is 5.92 Å². The molecule has 22 nitrogen and oxygen atoms in total. The maximum atomic E-state index is 13.5. The Morgan fingerprint density at radius 3 is 1.97 bits per heavy atom. The number of nitrogens with zero attached hydrogens (tertiary/aromatic N) is 3. The van der Waals surface area contributed by atoms with Crippen LogP contribution in [0.2, 0.25) is 0 Å². The standard InChI is InChI=1S/C42H67N9O13/c1-29(2)37(48-34(53)13-21-61-23-25-63-27-28-64-26-24-62-22-15-44-33(52)12-16-51-35(54)10-11-36(51)55)40(58)47-32(5-4-14-45-42(43)60)39(57)46-31-8-6-30(7-9-31)38(56)41(59)50-19-17-49(3)18-20-50/h6-11,29,32,35,37-38,54,56H,4-5,12-28H2,1-3H3,(H,44,52)(H,46,57)(H,47,58)(H,48,53)(H3,43,45,60)/t32-,35?,37-,38?/m0/s1. The number of aliphatic hydroxyl groups excluding tert-OH is 2. The number of primary amides is 1. The lowest BCUT2D eigenvalue weighted by Gasteiger charge is -2.33. The number of hydrogen-bond acceptors (Lipinski definition) is 14. The number of urea groups is 1. The summed E-state index contributed by atoms with van der Waals surface area (Å²) in [7, 11) is 1.97. The SMILES string of the molecule is CC(C)[C@H](NC(=O)CCOCCOCCOCCOCCNC(=O)CCN1C(=O)C=CC1O)C(=O)N[C@@H](CCCNC(N)=O)C(=O)Nc1ccc(C(O)C(=O)N2CCN(C)CC2)cc1. The molecular formula is C42H67N9O13. The number of nitrogens with two attached hydrogens (primary N) is 1. The summed E-state index contributed by atoms with van der Waals surface area (Å²) in [4.78, 5) is 92.3. The van der Waals surface area contributed by atoms with Gasteiger partial charge in [0, 0.05) is 70.4 Å². The Morgan fingerprint density at radius 1 is 0.781 bits per heavy atom. The molecule has 4 atom stereocenters. The van der Waals surface area contributed by atoms with Crippen molar-refractivity contribution in [3.05, 3.63) is 42.0 Å². The molecular weight excluding hydrogens is 839 g/mol. The van der Waals surface area contributed by atoms with Gasteiger partial charge < -0.3 is 76.2 Å². The number of aliphatic hydroxyl groups is 2. The fourth-order valence-electron chi connectivity index (χ4n) is 6.39. The minimum absolute atomic E-state index is 0.0287. The van der Waals surface area contributed by atoms with Gasteiger partial charge in [0.05, 0.1) is 52.9 Å². The van der Waals surface area contributed by atoms with Crippen molar-refractivity contribution in [1.29, 1.82) is 0 Å². The molecule has 22 heteroatoms. The van der Waals surface area contributed by atoms with Crippen molar-refractivity contribution in [3.63, 3.8) is 0 Å². The summed E-state index contributed by atoms with van der Waals surface area (Å²) in [6, 6.07) is 3.43. The Labute approximate surface area is 373 Å². The molecule has 9 N–H and O–H groups in total. The van der Waals surface area contributed by atoms with E-state index in [0.717, 1.165) is 0 Å². The number of likely N-dealkylation sites (N-methyl/N-ethyl adjacent to an activating group) is 1. The molecule has 1 aromatic carbocycles. The highest BCUT2D eigenvalue weighted by atomic mass is 16.6. The number of piperazine rings is 1. The number of nitrogens with one attached hydrogen (secondary N) is 5. The Hall–Kier alpha value is -5.23. The number of benzene rings is 1. The average molecular weight is 906 g/mol. The first-order valence-electron chi connectivity index (χ1n) is 21.6. The second-order valence-corrected chi connectivity index (χ2v) is 15.5. The van der Waals surface area contributed by atoms with E-state index in [-0.39, 0.29) is 76.5 Å². The molecule has 1 aromatic rings. The van der Waals surface area contributed by atoms with Crippen molar-refractivity contribution in [2.24, 2.45) is 11.7 Å². The van der Waals surface area contributed by atoms with Crippen LogP contribution in [0.4, 0.5) is 10.5 Å². The number of amides is 8. The molecule has 0 radical (unpaired) electrons. The maximum Gasteiger partial charge on any atom is 0.312 e.